The first kappa shape index (κ1) is 14.4. The van der Waals surface area contributed by atoms with E-state index in [9.17, 15) is 9.90 Å². The Kier molecular flexibility index (Phi) is 3.91. The number of H-pyrrole nitrogens is 1. The maximum atomic E-state index is 12.5. The summed E-state index contributed by atoms with van der Waals surface area (Å²) in [6, 6.07) is 7.36. The number of benzene rings is 1. The van der Waals surface area contributed by atoms with Gasteiger partial charge in [0.25, 0.3) is 5.91 Å². The number of aromatic amines is 1. The third-order valence-corrected chi connectivity index (χ3v) is 4.52. The Morgan fingerprint density at radius 3 is 2.95 bits per heavy atom. The second-order valence-corrected chi connectivity index (χ2v) is 6.30. The molecule has 1 aliphatic carbocycles. The van der Waals surface area contributed by atoms with E-state index in [1.807, 2.05) is 24.3 Å². The van der Waals surface area contributed by atoms with Gasteiger partial charge < -0.3 is 15.0 Å². The van der Waals surface area contributed by atoms with Crippen LogP contribution in [-0.2, 0) is 0 Å². The van der Waals surface area contributed by atoms with E-state index in [1.54, 1.807) is 11.9 Å². The number of aliphatic hydroxyl groups excluding tert-OH is 1. The summed E-state index contributed by atoms with van der Waals surface area (Å²) in [6.45, 7) is 0.593. The SMILES string of the molecule is CN(CC1CCCC1O)C(=O)c1cc2ccc(Cl)cc2[nH]1. The number of carbonyl (C=O) groups excluding carboxylic acids is 1. The Hall–Kier alpha value is -1.52. The number of hydrogen-bond acceptors (Lipinski definition) is 2. The van der Waals surface area contributed by atoms with Crippen LogP contribution in [0.3, 0.4) is 0 Å². The smallest absolute Gasteiger partial charge is 0.270 e. The molecular weight excluding hydrogens is 288 g/mol. The lowest BCUT2D eigenvalue weighted by atomic mass is 10.1. The zero-order valence-corrected chi connectivity index (χ0v) is 12.7. The lowest BCUT2D eigenvalue weighted by molar-refractivity contribution is 0.0689. The summed E-state index contributed by atoms with van der Waals surface area (Å²) in [7, 11) is 1.78. The van der Waals surface area contributed by atoms with E-state index in [4.69, 9.17) is 11.6 Å². The number of hydrogen-bond donors (Lipinski definition) is 2. The van der Waals surface area contributed by atoms with Crippen LogP contribution in [0, 0.1) is 5.92 Å². The number of nitrogens with zero attached hydrogens (tertiary/aromatic N) is 1. The summed E-state index contributed by atoms with van der Waals surface area (Å²) in [4.78, 5) is 17.3. The van der Waals surface area contributed by atoms with Gasteiger partial charge in [-0.1, -0.05) is 24.1 Å². The first-order valence-electron chi connectivity index (χ1n) is 7.26. The average Bonchev–Trinajstić information content (AvgIpc) is 3.04. The molecule has 0 saturated heterocycles. The Balaban J connectivity index is 1.76. The normalized spacial score (nSPS) is 21.9. The molecule has 0 radical (unpaired) electrons. The van der Waals surface area contributed by atoms with Crippen LogP contribution < -0.4 is 0 Å². The Morgan fingerprint density at radius 1 is 1.43 bits per heavy atom. The molecule has 0 aliphatic heterocycles. The van der Waals surface area contributed by atoms with E-state index in [1.165, 1.54) is 0 Å². The molecule has 4 nitrogen and oxygen atoms in total. The van der Waals surface area contributed by atoms with Crippen LogP contribution in [0.1, 0.15) is 29.8 Å². The van der Waals surface area contributed by atoms with Crippen LogP contribution in [0.15, 0.2) is 24.3 Å². The number of amides is 1. The second-order valence-electron chi connectivity index (χ2n) is 5.86. The fraction of sp³-hybridized carbons (Fsp3) is 0.438. The van der Waals surface area contributed by atoms with Crippen LogP contribution in [0.4, 0.5) is 0 Å². The van der Waals surface area contributed by atoms with Crippen LogP contribution in [0.2, 0.25) is 5.02 Å². The molecule has 5 heteroatoms. The number of fused-ring (bicyclic) bond motifs is 1. The van der Waals surface area contributed by atoms with Gasteiger partial charge in [-0.05, 0) is 31.0 Å². The van der Waals surface area contributed by atoms with E-state index < -0.39 is 0 Å². The highest BCUT2D eigenvalue weighted by Crippen LogP contribution is 2.26. The number of aromatic nitrogens is 1. The molecule has 3 rings (SSSR count). The van der Waals surface area contributed by atoms with Crippen LogP contribution in [0.25, 0.3) is 10.9 Å². The molecule has 2 aromatic rings. The number of carbonyl (C=O) groups is 1. The fourth-order valence-corrected chi connectivity index (χ4v) is 3.26. The number of rotatable bonds is 3. The van der Waals surface area contributed by atoms with Crippen molar-refractivity contribution < 1.29 is 9.90 Å². The molecule has 2 unspecified atom stereocenters. The van der Waals surface area contributed by atoms with Gasteiger partial charge in [-0.3, -0.25) is 4.79 Å². The number of aliphatic hydroxyl groups is 1. The van der Waals surface area contributed by atoms with E-state index in [0.717, 1.165) is 30.2 Å². The predicted molar refractivity (Wildman–Crippen MR) is 83.6 cm³/mol. The third kappa shape index (κ3) is 2.92. The van der Waals surface area contributed by atoms with Gasteiger partial charge >= 0.3 is 0 Å². The minimum atomic E-state index is -0.276. The predicted octanol–water partition coefficient (Wildman–Crippen LogP) is 3.05. The maximum Gasteiger partial charge on any atom is 0.270 e. The summed E-state index contributed by atoms with van der Waals surface area (Å²) in [5, 5.41) is 11.5. The van der Waals surface area contributed by atoms with Gasteiger partial charge in [0, 0.05) is 35.4 Å². The third-order valence-electron chi connectivity index (χ3n) is 4.29. The van der Waals surface area contributed by atoms with Crippen LogP contribution in [0.5, 0.6) is 0 Å². The van der Waals surface area contributed by atoms with Crippen molar-refractivity contribution in [3.63, 3.8) is 0 Å². The minimum Gasteiger partial charge on any atom is -0.393 e. The zero-order chi connectivity index (χ0) is 15.0. The molecule has 21 heavy (non-hydrogen) atoms. The molecule has 1 aromatic heterocycles. The summed E-state index contributed by atoms with van der Waals surface area (Å²) in [5.41, 5.74) is 1.42. The van der Waals surface area contributed by atoms with Crippen molar-refractivity contribution in [1.29, 1.82) is 0 Å². The molecule has 1 aromatic carbocycles. The van der Waals surface area contributed by atoms with Gasteiger partial charge in [0.2, 0.25) is 0 Å². The van der Waals surface area contributed by atoms with Crippen LogP contribution >= 0.6 is 11.6 Å². The first-order valence-corrected chi connectivity index (χ1v) is 7.64. The lowest BCUT2D eigenvalue weighted by Gasteiger charge is -2.22. The van der Waals surface area contributed by atoms with Gasteiger partial charge in [0.05, 0.1) is 6.10 Å². The van der Waals surface area contributed by atoms with E-state index in [0.29, 0.717) is 17.3 Å². The molecule has 0 spiro atoms. The van der Waals surface area contributed by atoms with Crippen molar-refractivity contribution in [2.75, 3.05) is 13.6 Å². The molecule has 2 N–H and O–H groups in total. The van der Waals surface area contributed by atoms with Gasteiger partial charge in [-0.25, -0.2) is 0 Å². The number of nitrogens with one attached hydrogen (secondary N) is 1. The Morgan fingerprint density at radius 2 is 2.24 bits per heavy atom. The van der Waals surface area contributed by atoms with Crippen molar-refractivity contribution in [3.05, 3.63) is 35.0 Å². The molecule has 1 amide bonds. The minimum absolute atomic E-state index is 0.0542. The quantitative estimate of drug-likeness (QED) is 0.915. The van der Waals surface area contributed by atoms with Gasteiger partial charge in [-0.15, -0.1) is 0 Å². The molecule has 1 aliphatic rings. The molecule has 2 atom stereocenters. The zero-order valence-electron chi connectivity index (χ0n) is 12.0. The summed E-state index contributed by atoms with van der Waals surface area (Å²) >= 11 is 5.96. The Bertz CT molecular complexity index is 667. The van der Waals surface area contributed by atoms with Gasteiger partial charge in [0.15, 0.2) is 0 Å². The molecular formula is C16H19ClN2O2. The second kappa shape index (κ2) is 5.70. The van der Waals surface area contributed by atoms with Crippen molar-refractivity contribution in [1.82, 2.24) is 9.88 Å². The van der Waals surface area contributed by atoms with Gasteiger partial charge in [0.1, 0.15) is 5.69 Å². The highest BCUT2D eigenvalue weighted by molar-refractivity contribution is 6.31. The van der Waals surface area contributed by atoms with E-state index >= 15 is 0 Å². The summed E-state index contributed by atoms with van der Waals surface area (Å²) in [5.74, 6) is 0.138. The highest BCUT2D eigenvalue weighted by atomic mass is 35.5. The van der Waals surface area contributed by atoms with Crippen molar-refractivity contribution in [2.45, 2.75) is 25.4 Å². The molecule has 1 fully saturated rings. The van der Waals surface area contributed by atoms with E-state index in [-0.39, 0.29) is 17.9 Å². The van der Waals surface area contributed by atoms with Crippen molar-refractivity contribution in [2.24, 2.45) is 5.92 Å². The maximum absolute atomic E-state index is 12.5. The fourth-order valence-electron chi connectivity index (χ4n) is 3.09. The highest BCUT2D eigenvalue weighted by Gasteiger charge is 2.28. The molecule has 0 bridgehead atoms. The summed E-state index contributed by atoms with van der Waals surface area (Å²) in [6.07, 6.45) is 2.60. The van der Waals surface area contributed by atoms with Crippen molar-refractivity contribution >= 4 is 28.4 Å². The number of halogens is 1. The Labute approximate surface area is 128 Å². The van der Waals surface area contributed by atoms with Crippen LogP contribution in [-0.4, -0.2) is 40.6 Å². The molecule has 1 heterocycles. The van der Waals surface area contributed by atoms with E-state index in [2.05, 4.69) is 4.98 Å². The standard InChI is InChI=1S/C16H19ClN2O2/c1-19(9-11-3-2-4-15(11)20)16(21)14-7-10-5-6-12(17)8-13(10)18-14/h5-8,11,15,18,20H,2-4,9H2,1H3. The monoisotopic (exact) mass is 306 g/mol. The lowest BCUT2D eigenvalue weighted by Crippen LogP contribution is -2.34. The topological polar surface area (TPSA) is 56.3 Å². The summed E-state index contributed by atoms with van der Waals surface area (Å²) < 4.78 is 0. The molecule has 1 saturated carbocycles. The average molecular weight is 307 g/mol. The first-order chi connectivity index (χ1) is 10.0. The van der Waals surface area contributed by atoms with Gasteiger partial charge in [-0.2, -0.15) is 0 Å². The van der Waals surface area contributed by atoms with Crippen molar-refractivity contribution in [3.8, 4) is 0 Å². The largest absolute Gasteiger partial charge is 0.393 e. The molecule has 112 valence electrons.